The minimum absolute atomic E-state index is 0.0271. The van der Waals surface area contributed by atoms with Gasteiger partial charge in [0.25, 0.3) is 0 Å². The number of phenols is 2. The molecule has 2 aliphatic heterocycles. The zero-order chi connectivity index (χ0) is 22.8. The fourth-order valence-corrected chi connectivity index (χ4v) is 5.89. The maximum atomic E-state index is 9.94. The smallest absolute Gasteiger partial charge is 0.140 e. The summed E-state index contributed by atoms with van der Waals surface area (Å²) in [5.74, 6) is 2.08. The molecule has 2 aliphatic rings. The van der Waals surface area contributed by atoms with Gasteiger partial charge in [0.2, 0.25) is 0 Å². The molecule has 3 atom stereocenters. The van der Waals surface area contributed by atoms with E-state index in [1.165, 1.54) is 25.9 Å². The number of hydrogen-bond donors (Lipinski definition) is 2. The first kappa shape index (κ1) is 22.0. The van der Waals surface area contributed by atoms with Gasteiger partial charge in [0.15, 0.2) is 0 Å². The number of fused-ring (bicyclic) bond motifs is 1. The highest BCUT2D eigenvalue weighted by Crippen LogP contribution is 2.54. The molecular formula is C27H29NO4S. The number of hydrogen-bond acceptors (Lipinski definition) is 6. The second kappa shape index (κ2) is 9.57. The minimum Gasteiger partial charge on any atom is -0.508 e. The van der Waals surface area contributed by atoms with Gasteiger partial charge in [-0.05, 0) is 86.4 Å². The van der Waals surface area contributed by atoms with Crippen molar-refractivity contribution in [3.63, 3.8) is 0 Å². The largest absolute Gasteiger partial charge is 0.508 e. The molecule has 0 saturated carbocycles. The number of likely N-dealkylation sites (tertiary alicyclic amines) is 1. The predicted molar refractivity (Wildman–Crippen MR) is 130 cm³/mol. The third kappa shape index (κ3) is 5.07. The number of thioether (sulfide) groups is 1. The van der Waals surface area contributed by atoms with Gasteiger partial charge >= 0.3 is 0 Å². The Morgan fingerprint density at radius 2 is 1.61 bits per heavy atom. The summed E-state index contributed by atoms with van der Waals surface area (Å²) in [6, 6.07) is 20.6. The van der Waals surface area contributed by atoms with Crippen molar-refractivity contribution in [3.05, 3.63) is 77.9 Å². The normalized spacial score (nSPS) is 21.2. The quantitative estimate of drug-likeness (QED) is 0.473. The molecule has 0 aromatic heterocycles. The van der Waals surface area contributed by atoms with Gasteiger partial charge in [-0.2, -0.15) is 0 Å². The van der Waals surface area contributed by atoms with E-state index in [9.17, 15) is 10.2 Å². The van der Waals surface area contributed by atoms with Gasteiger partial charge < -0.3 is 19.7 Å². The molecule has 0 radical (unpaired) electrons. The second-order valence-corrected chi connectivity index (χ2v) is 9.99. The summed E-state index contributed by atoms with van der Waals surface area (Å²) in [5, 5.41) is 19.6. The van der Waals surface area contributed by atoms with Crippen LogP contribution in [-0.4, -0.2) is 40.9 Å². The molecule has 2 heterocycles. The molecule has 33 heavy (non-hydrogen) atoms. The number of aromatic hydroxyl groups is 2. The van der Waals surface area contributed by atoms with Crippen LogP contribution in [0.5, 0.6) is 23.0 Å². The van der Waals surface area contributed by atoms with Crippen LogP contribution in [0.15, 0.2) is 71.6 Å². The number of rotatable bonds is 6. The Labute approximate surface area is 199 Å². The van der Waals surface area contributed by atoms with Crippen LogP contribution >= 0.6 is 11.8 Å². The van der Waals surface area contributed by atoms with E-state index in [4.69, 9.17) is 9.47 Å². The highest BCUT2D eigenvalue weighted by Gasteiger charge is 2.33. The molecule has 2 N–H and O–H groups in total. The van der Waals surface area contributed by atoms with Crippen molar-refractivity contribution in [2.24, 2.45) is 0 Å². The molecule has 0 spiro atoms. The third-order valence-corrected chi connectivity index (χ3v) is 7.54. The van der Waals surface area contributed by atoms with Crippen molar-refractivity contribution in [3.8, 4) is 23.0 Å². The van der Waals surface area contributed by atoms with Crippen molar-refractivity contribution in [1.82, 2.24) is 4.90 Å². The SMILES string of the molecule is C[C@H](CN1CCCC1)Oc1ccc([C@@H]2Oc3ccc(O)cc3S[C@@H]2c2ccc(O)cc2)cc1. The first-order valence-electron chi connectivity index (χ1n) is 11.5. The maximum absolute atomic E-state index is 9.94. The summed E-state index contributed by atoms with van der Waals surface area (Å²) in [7, 11) is 0. The molecule has 6 heteroatoms. The molecule has 1 fully saturated rings. The zero-order valence-corrected chi connectivity index (χ0v) is 19.5. The van der Waals surface area contributed by atoms with Gasteiger partial charge in [-0.15, -0.1) is 11.8 Å². The molecule has 5 rings (SSSR count). The van der Waals surface area contributed by atoms with Crippen LogP contribution in [0.4, 0.5) is 0 Å². The summed E-state index contributed by atoms with van der Waals surface area (Å²) in [6.07, 6.45) is 2.49. The van der Waals surface area contributed by atoms with Crippen LogP contribution in [0.3, 0.4) is 0 Å². The van der Waals surface area contributed by atoms with Crippen LogP contribution < -0.4 is 9.47 Å². The van der Waals surface area contributed by atoms with Gasteiger partial charge in [0.1, 0.15) is 35.2 Å². The van der Waals surface area contributed by atoms with Crippen molar-refractivity contribution in [1.29, 1.82) is 0 Å². The van der Waals surface area contributed by atoms with Gasteiger partial charge in [-0.25, -0.2) is 0 Å². The highest BCUT2D eigenvalue weighted by atomic mass is 32.2. The summed E-state index contributed by atoms with van der Waals surface area (Å²) in [6.45, 7) is 5.42. The lowest BCUT2D eigenvalue weighted by atomic mass is 10.00. The average molecular weight is 464 g/mol. The molecule has 0 aliphatic carbocycles. The summed E-state index contributed by atoms with van der Waals surface area (Å²) >= 11 is 1.66. The summed E-state index contributed by atoms with van der Waals surface area (Å²) < 4.78 is 12.6. The lowest BCUT2D eigenvalue weighted by Gasteiger charge is -2.34. The summed E-state index contributed by atoms with van der Waals surface area (Å²) in [4.78, 5) is 3.36. The minimum atomic E-state index is -0.215. The monoisotopic (exact) mass is 463 g/mol. The standard InChI is InChI=1S/C27H29NO4S/c1-18(17-28-14-2-3-15-28)31-23-11-6-19(7-12-23)26-27(20-4-8-21(29)9-5-20)33-25-16-22(30)10-13-24(25)32-26/h4-13,16,18,26-27,29-30H,2-3,14-15,17H2,1H3/t18-,26+,27-/m1/s1. The third-order valence-electron chi connectivity index (χ3n) is 6.19. The highest BCUT2D eigenvalue weighted by molar-refractivity contribution is 7.99. The van der Waals surface area contributed by atoms with E-state index >= 15 is 0 Å². The first-order chi connectivity index (χ1) is 16.0. The second-order valence-electron chi connectivity index (χ2n) is 8.80. The fourth-order valence-electron chi connectivity index (χ4n) is 4.57. The van der Waals surface area contributed by atoms with Crippen molar-refractivity contribution >= 4 is 11.8 Å². The molecule has 3 aromatic rings. The van der Waals surface area contributed by atoms with Gasteiger partial charge in [-0.3, -0.25) is 4.90 Å². The Kier molecular flexibility index (Phi) is 6.38. The summed E-state index contributed by atoms with van der Waals surface area (Å²) in [5.41, 5.74) is 2.11. The number of benzene rings is 3. The van der Waals surface area contributed by atoms with E-state index < -0.39 is 0 Å². The molecule has 1 saturated heterocycles. The van der Waals surface area contributed by atoms with Gasteiger partial charge in [0, 0.05) is 6.54 Å². The van der Waals surface area contributed by atoms with E-state index in [1.807, 2.05) is 30.3 Å². The van der Waals surface area contributed by atoms with E-state index in [2.05, 4.69) is 24.0 Å². The van der Waals surface area contributed by atoms with E-state index in [0.29, 0.717) is 0 Å². The molecule has 0 amide bonds. The lowest BCUT2D eigenvalue weighted by Crippen LogP contribution is -2.31. The van der Waals surface area contributed by atoms with E-state index in [-0.39, 0.29) is 29.0 Å². The van der Waals surface area contributed by atoms with Crippen LogP contribution in [0.1, 0.15) is 42.2 Å². The van der Waals surface area contributed by atoms with Gasteiger partial charge in [0.05, 0.1) is 10.1 Å². The maximum Gasteiger partial charge on any atom is 0.140 e. The van der Waals surface area contributed by atoms with Crippen molar-refractivity contribution in [2.45, 2.75) is 42.1 Å². The number of nitrogens with zero attached hydrogens (tertiary/aromatic N) is 1. The molecule has 172 valence electrons. The lowest BCUT2D eigenvalue weighted by molar-refractivity contribution is 0.161. The van der Waals surface area contributed by atoms with Crippen LogP contribution in [-0.2, 0) is 0 Å². The first-order valence-corrected chi connectivity index (χ1v) is 12.4. The predicted octanol–water partition coefficient (Wildman–Crippen LogP) is 5.93. The van der Waals surface area contributed by atoms with Crippen molar-refractivity contribution in [2.75, 3.05) is 19.6 Å². The number of phenolic OH excluding ortho intramolecular Hbond substituents is 2. The zero-order valence-electron chi connectivity index (χ0n) is 18.7. The average Bonchev–Trinajstić information content (AvgIpc) is 3.32. The molecule has 0 bridgehead atoms. The van der Waals surface area contributed by atoms with Crippen molar-refractivity contribution < 1.29 is 19.7 Å². The Morgan fingerprint density at radius 1 is 0.939 bits per heavy atom. The topological polar surface area (TPSA) is 62.2 Å². The Morgan fingerprint density at radius 3 is 2.33 bits per heavy atom. The van der Waals surface area contributed by atoms with Crippen LogP contribution in [0.2, 0.25) is 0 Å². The van der Waals surface area contributed by atoms with Crippen LogP contribution in [0, 0.1) is 0 Å². The Bertz CT molecular complexity index is 1080. The van der Waals surface area contributed by atoms with E-state index in [1.54, 1.807) is 36.0 Å². The molecular weight excluding hydrogens is 434 g/mol. The molecule has 0 unspecified atom stereocenters. The number of ether oxygens (including phenoxy) is 2. The Balaban J connectivity index is 1.36. The molecule has 3 aromatic carbocycles. The van der Waals surface area contributed by atoms with Crippen LogP contribution in [0.25, 0.3) is 0 Å². The Hall–Kier alpha value is -2.83. The molecule has 5 nitrogen and oxygen atoms in total. The van der Waals surface area contributed by atoms with E-state index in [0.717, 1.165) is 34.1 Å². The fraction of sp³-hybridized carbons (Fsp3) is 0.333. The van der Waals surface area contributed by atoms with Gasteiger partial charge in [-0.1, -0.05) is 24.3 Å².